The minimum absolute atomic E-state index is 0.00678. The zero-order valence-electron chi connectivity index (χ0n) is 15.9. The standard InChI is InChI=1S/C22H28O3/c1-20(2)10-6-11-21(3)18(19(23)15-9-12-22(15,20)21)14-7-8-16(24-4)17(13-14)25-5/h7-9,12-13,15,18H,6,10-11H2,1-5H3/t15-,18-,21-,22-/m1/s1. The lowest BCUT2D eigenvalue weighted by atomic mass is 9.41. The summed E-state index contributed by atoms with van der Waals surface area (Å²) in [5, 5.41) is 0. The largest absolute Gasteiger partial charge is 0.493 e. The Morgan fingerprint density at radius 3 is 2.36 bits per heavy atom. The summed E-state index contributed by atoms with van der Waals surface area (Å²) in [7, 11) is 3.29. The van der Waals surface area contributed by atoms with E-state index in [0.717, 1.165) is 12.0 Å². The lowest BCUT2D eigenvalue weighted by molar-refractivity contribution is -0.123. The first kappa shape index (κ1) is 16.7. The van der Waals surface area contributed by atoms with Crippen LogP contribution in [0.4, 0.5) is 0 Å². The molecule has 0 N–H and O–H groups in total. The average molecular weight is 340 g/mol. The van der Waals surface area contributed by atoms with Crippen LogP contribution in [0.1, 0.15) is 51.5 Å². The molecule has 4 atom stereocenters. The van der Waals surface area contributed by atoms with Gasteiger partial charge in [0.05, 0.1) is 14.2 Å². The molecule has 2 fully saturated rings. The second kappa shape index (κ2) is 5.12. The zero-order chi connectivity index (χ0) is 18.0. The minimum Gasteiger partial charge on any atom is -0.493 e. The summed E-state index contributed by atoms with van der Waals surface area (Å²) in [6.07, 6.45) is 7.98. The summed E-state index contributed by atoms with van der Waals surface area (Å²) in [5.74, 6) is 1.78. The van der Waals surface area contributed by atoms with Gasteiger partial charge in [0.1, 0.15) is 5.78 Å². The maximum absolute atomic E-state index is 13.5. The molecule has 3 nitrogen and oxygen atoms in total. The van der Waals surface area contributed by atoms with E-state index in [1.165, 1.54) is 12.8 Å². The molecule has 1 aromatic rings. The Kier molecular flexibility index (Phi) is 3.42. The summed E-state index contributed by atoms with van der Waals surface area (Å²) in [4.78, 5) is 13.5. The van der Waals surface area contributed by atoms with Crippen LogP contribution in [0.25, 0.3) is 0 Å². The van der Waals surface area contributed by atoms with Crippen LogP contribution in [0.15, 0.2) is 30.4 Å². The van der Waals surface area contributed by atoms with E-state index >= 15 is 0 Å². The van der Waals surface area contributed by atoms with E-state index in [2.05, 4.69) is 39.0 Å². The number of ketones is 1. The predicted octanol–water partition coefficient (Wildman–Crippen LogP) is 4.76. The van der Waals surface area contributed by atoms with Crippen molar-refractivity contribution in [1.82, 2.24) is 0 Å². The van der Waals surface area contributed by atoms with Gasteiger partial charge in [-0.1, -0.05) is 45.4 Å². The summed E-state index contributed by atoms with van der Waals surface area (Å²) in [5.41, 5.74) is 1.18. The number of hydrogen-bond acceptors (Lipinski definition) is 3. The van der Waals surface area contributed by atoms with Crippen molar-refractivity contribution < 1.29 is 14.3 Å². The third-order valence-corrected chi connectivity index (χ3v) is 7.57. The van der Waals surface area contributed by atoms with Crippen LogP contribution in [0, 0.1) is 22.2 Å². The highest BCUT2D eigenvalue weighted by atomic mass is 16.5. The molecule has 0 aliphatic heterocycles. The van der Waals surface area contributed by atoms with Crippen LogP contribution >= 0.6 is 0 Å². The monoisotopic (exact) mass is 340 g/mol. The fraction of sp³-hybridized carbons (Fsp3) is 0.591. The van der Waals surface area contributed by atoms with Crippen molar-refractivity contribution in [3.8, 4) is 11.5 Å². The molecule has 3 aliphatic carbocycles. The van der Waals surface area contributed by atoms with Gasteiger partial charge in [0.25, 0.3) is 0 Å². The molecule has 1 spiro atoms. The number of rotatable bonds is 3. The number of hydrogen-bond donors (Lipinski definition) is 0. The number of Topliss-reactive ketones (excluding diaryl/α,β-unsaturated/α-hetero) is 1. The Balaban J connectivity index is 1.86. The smallest absolute Gasteiger partial charge is 0.161 e. The van der Waals surface area contributed by atoms with Crippen molar-refractivity contribution in [2.75, 3.05) is 14.2 Å². The zero-order valence-corrected chi connectivity index (χ0v) is 15.9. The number of ether oxygens (including phenoxy) is 2. The summed E-state index contributed by atoms with van der Waals surface area (Å²) in [6, 6.07) is 5.99. The van der Waals surface area contributed by atoms with Gasteiger partial charge in [-0.15, -0.1) is 0 Å². The molecule has 0 amide bonds. The highest BCUT2D eigenvalue weighted by Crippen LogP contribution is 2.76. The highest BCUT2D eigenvalue weighted by Gasteiger charge is 2.73. The fourth-order valence-electron chi connectivity index (χ4n) is 6.42. The number of carbonyl (C=O) groups excluding carboxylic acids is 1. The second-order valence-electron chi connectivity index (χ2n) is 8.81. The third kappa shape index (κ3) is 1.79. The van der Waals surface area contributed by atoms with Crippen molar-refractivity contribution in [1.29, 1.82) is 0 Å². The Labute approximate surface area is 150 Å². The van der Waals surface area contributed by atoms with Crippen molar-refractivity contribution in [2.45, 2.75) is 46.0 Å². The van der Waals surface area contributed by atoms with Crippen LogP contribution in [-0.4, -0.2) is 20.0 Å². The molecule has 134 valence electrons. The normalized spacial score (nSPS) is 37.9. The highest BCUT2D eigenvalue weighted by molar-refractivity contribution is 5.96. The van der Waals surface area contributed by atoms with Crippen LogP contribution in [0.5, 0.6) is 11.5 Å². The lowest BCUT2D eigenvalue weighted by Gasteiger charge is -2.62. The topological polar surface area (TPSA) is 35.5 Å². The van der Waals surface area contributed by atoms with Gasteiger partial charge in [-0.25, -0.2) is 0 Å². The Morgan fingerprint density at radius 1 is 1.04 bits per heavy atom. The van der Waals surface area contributed by atoms with E-state index in [1.807, 2.05) is 12.1 Å². The van der Waals surface area contributed by atoms with Crippen molar-refractivity contribution in [3.05, 3.63) is 35.9 Å². The van der Waals surface area contributed by atoms with Crippen LogP contribution in [0.2, 0.25) is 0 Å². The van der Waals surface area contributed by atoms with Gasteiger partial charge < -0.3 is 9.47 Å². The second-order valence-corrected chi connectivity index (χ2v) is 8.81. The van der Waals surface area contributed by atoms with Gasteiger partial charge in [-0.2, -0.15) is 0 Å². The summed E-state index contributed by atoms with van der Waals surface area (Å²) < 4.78 is 10.9. The molecule has 0 saturated heterocycles. The van der Waals surface area contributed by atoms with Crippen molar-refractivity contribution >= 4 is 5.78 Å². The van der Waals surface area contributed by atoms with Gasteiger partial charge >= 0.3 is 0 Å². The van der Waals surface area contributed by atoms with Crippen LogP contribution < -0.4 is 9.47 Å². The quantitative estimate of drug-likeness (QED) is 0.744. The number of carbonyl (C=O) groups is 1. The first-order valence-corrected chi connectivity index (χ1v) is 9.27. The SMILES string of the molecule is COc1ccc([C@@H]2C(=O)[C@H]3C=C[C@]34C(C)(C)CCC[C@]24C)cc1OC. The molecule has 1 aromatic carbocycles. The summed E-state index contributed by atoms with van der Waals surface area (Å²) >= 11 is 0. The van der Waals surface area contributed by atoms with Gasteiger partial charge in [0, 0.05) is 17.3 Å². The Hall–Kier alpha value is -1.77. The molecular formula is C22H28O3. The Bertz CT molecular complexity index is 763. The molecular weight excluding hydrogens is 312 g/mol. The predicted molar refractivity (Wildman–Crippen MR) is 98.1 cm³/mol. The van der Waals surface area contributed by atoms with Gasteiger partial charge in [-0.3, -0.25) is 4.79 Å². The van der Waals surface area contributed by atoms with Crippen LogP contribution in [0.3, 0.4) is 0 Å². The van der Waals surface area contributed by atoms with E-state index in [4.69, 9.17) is 9.47 Å². The molecule has 2 saturated carbocycles. The van der Waals surface area contributed by atoms with Gasteiger partial charge in [0.2, 0.25) is 0 Å². The first-order chi connectivity index (χ1) is 11.8. The molecule has 0 bridgehead atoms. The van der Waals surface area contributed by atoms with Crippen molar-refractivity contribution in [3.63, 3.8) is 0 Å². The van der Waals surface area contributed by atoms with Crippen molar-refractivity contribution in [2.24, 2.45) is 22.2 Å². The van der Waals surface area contributed by atoms with Gasteiger partial charge in [0.15, 0.2) is 11.5 Å². The molecule has 0 unspecified atom stereocenters. The molecule has 0 heterocycles. The minimum atomic E-state index is -0.0770. The molecule has 0 aromatic heterocycles. The molecule has 3 heteroatoms. The number of allylic oxidation sites excluding steroid dienone is 2. The molecule has 25 heavy (non-hydrogen) atoms. The maximum atomic E-state index is 13.5. The van der Waals surface area contributed by atoms with E-state index in [9.17, 15) is 4.79 Å². The third-order valence-electron chi connectivity index (χ3n) is 7.57. The van der Waals surface area contributed by atoms with E-state index < -0.39 is 0 Å². The molecule has 4 rings (SSSR count). The first-order valence-electron chi connectivity index (χ1n) is 9.27. The molecule has 0 radical (unpaired) electrons. The average Bonchev–Trinajstić information content (AvgIpc) is 2.66. The summed E-state index contributed by atoms with van der Waals surface area (Å²) in [6.45, 7) is 7.05. The van der Waals surface area contributed by atoms with E-state index in [0.29, 0.717) is 17.3 Å². The molecule has 3 aliphatic rings. The maximum Gasteiger partial charge on any atom is 0.161 e. The number of methoxy groups -OCH3 is 2. The fourth-order valence-corrected chi connectivity index (χ4v) is 6.42. The van der Waals surface area contributed by atoms with Crippen LogP contribution in [-0.2, 0) is 4.79 Å². The van der Waals surface area contributed by atoms with Gasteiger partial charge in [-0.05, 0) is 41.4 Å². The van der Waals surface area contributed by atoms with E-state index in [-0.39, 0.29) is 28.1 Å². The van der Waals surface area contributed by atoms with E-state index in [1.54, 1.807) is 14.2 Å². The number of benzene rings is 1. The lowest BCUT2D eigenvalue weighted by Crippen LogP contribution is -2.56. The Morgan fingerprint density at radius 2 is 1.76 bits per heavy atom.